The first-order chi connectivity index (χ1) is 20.7. The highest BCUT2D eigenvalue weighted by Crippen LogP contribution is 2.27. The zero-order valence-corrected chi connectivity index (χ0v) is 23.2. The number of aromatic hydroxyl groups is 2. The van der Waals surface area contributed by atoms with Crippen molar-refractivity contribution in [3.63, 3.8) is 0 Å². The van der Waals surface area contributed by atoms with Crippen LogP contribution in [-0.4, -0.2) is 45.8 Å². The molecule has 0 radical (unpaired) electrons. The van der Waals surface area contributed by atoms with Crippen LogP contribution in [0.25, 0.3) is 10.8 Å². The fourth-order valence-corrected chi connectivity index (χ4v) is 4.37. The smallest absolute Gasteiger partial charge is 0.275 e. The molecule has 222 valence electrons. The minimum Gasteiger partial charge on any atom is -0.595 e. The Balaban J connectivity index is 1.49. The van der Waals surface area contributed by atoms with Crippen molar-refractivity contribution in [2.24, 2.45) is 5.10 Å². The zero-order chi connectivity index (χ0) is 30.9. The fraction of sp³-hybridized carbons (Fsp3) is 0.161. The van der Waals surface area contributed by atoms with E-state index in [0.29, 0.717) is 0 Å². The van der Waals surface area contributed by atoms with Crippen molar-refractivity contribution in [3.05, 3.63) is 95.2 Å². The quantitative estimate of drug-likeness (QED) is 0.0821. The van der Waals surface area contributed by atoms with Gasteiger partial charge in [0.25, 0.3) is 5.91 Å². The number of fused-ring (bicyclic) bond motifs is 1. The summed E-state index contributed by atoms with van der Waals surface area (Å²) < 4.78 is 5.08. The zero-order valence-electron chi connectivity index (χ0n) is 23.2. The summed E-state index contributed by atoms with van der Waals surface area (Å²) in [4.78, 5) is 38.6. The third-order valence-electron chi connectivity index (χ3n) is 6.59. The number of ketones is 1. The highest BCUT2D eigenvalue weighted by Gasteiger charge is 2.17. The Morgan fingerprint density at radius 1 is 0.907 bits per heavy atom. The average molecular weight is 587 g/mol. The van der Waals surface area contributed by atoms with E-state index in [9.17, 15) is 35.0 Å². The van der Waals surface area contributed by atoms with Crippen LogP contribution in [0.15, 0.2) is 84.0 Å². The van der Waals surface area contributed by atoms with Crippen LogP contribution in [0.5, 0.6) is 17.2 Å². The van der Waals surface area contributed by atoms with Crippen molar-refractivity contribution in [1.82, 2.24) is 5.43 Å². The Kier molecular flexibility index (Phi) is 10.0. The average Bonchev–Trinajstić information content (AvgIpc) is 2.99. The van der Waals surface area contributed by atoms with Gasteiger partial charge in [0.2, 0.25) is 5.91 Å². The Bertz CT molecular complexity index is 1690. The number of hydrazone groups is 1. The molecule has 0 fully saturated rings. The lowest BCUT2D eigenvalue weighted by atomic mass is 10.0. The van der Waals surface area contributed by atoms with E-state index >= 15 is 0 Å². The van der Waals surface area contributed by atoms with E-state index in [1.807, 2.05) is 6.07 Å². The van der Waals surface area contributed by atoms with Crippen LogP contribution in [0.4, 0.5) is 11.4 Å². The molecule has 1 atom stereocenters. The number of nitrogens with zero attached hydrogens (tertiary/aromatic N) is 1. The van der Waals surface area contributed by atoms with Crippen molar-refractivity contribution < 1.29 is 39.8 Å². The molecule has 12 heteroatoms. The molecule has 0 aliphatic carbocycles. The highest BCUT2D eigenvalue weighted by atomic mass is 16.8. The molecule has 0 heterocycles. The topological polar surface area (TPSA) is 185 Å². The second kappa shape index (κ2) is 14.0. The third kappa shape index (κ3) is 7.92. The number of quaternary nitrogens is 1. The molecule has 0 aliphatic rings. The molecule has 4 aromatic carbocycles. The number of hydrogen-bond acceptors (Lipinski definition) is 9. The van der Waals surface area contributed by atoms with Gasteiger partial charge < -0.3 is 25.5 Å². The van der Waals surface area contributed by atoms with Crippen LogP contribution in [0, 0.1) is 5.21 Å². The van der Waals surface area contributed by atoms with Gasteiger partial charge in [-0.2, -0.15) is 10.3 Å². The first-order valence-corrected chi connectivity index (χ1v) is 13.3. The number of carbonyl (C=O) groups is 3. The molecule has 0 aromatic heterocycles. The van der Waals surface area contributed by atoms with E-state index in [-0.39, 0.29) is 76.9 Å². The number of methoxy groups -OCH3 is 1. The van der Waals surface area contributed by atoms with Crippen LogP contribution >= 0.6 is 0 Å². The largest absolute Gasteiger partial charge is 0.595 e. The lowest BCUT2D eigenvalue weighted by Gasteiger charge is -2.15. The lowest BCUT2D eigenvalue weighted by molar-refractivity contribution is -0.990. The molecule has 0 aliphatic heterocycles. The molecule has 12 nitrogen and oxygen atoms in total. The number of phenolic OH excluding ortho intramolecular Hbond substituents is 2. The third-order valence-corrected chi connectivity index (χ3v) is 6.59. The van der Waals surface area contributed by atoms with Gasteiger partial charge >= 0.3 is 0 Å². The maximum absolute atomic E-state index is 13.1. The number of hydrogen-bond donors (Lipinski definition) is 6. The fourth-order valence-electron chi connectivity index (χ4n) is 4.37. The number of rotatable bonds is 12. The van der Waals surface area contributed by atoms with Crippen molar-refractivity contribution >= 4 is 45.5 Å². The minimum absolute atomic E-state index is 0.00660. The number of benzene rings is 4. The summed E-state index contributed by atoms with van der Waals surface area (Å²) in [5.74, 6) is -1.76. The lowest BCUT2D eigenvalue weighted by Crippen LogP contribution is -2.99. The predicted octanol–water partition coefficient (Wildman–Crippen LogP) is 3.83. The van der Waals surface area contributed by atoms with Crippen LogP contribution in [0.1, 0.15) is 46.4 Å². The van der Waals surface area contributed by atoms with Gasteiger partial charge in [0, 0.05) is 23.8 Å². The van der Waals surface area contributed by atoms with Gasteiger partial charge in [0.15, 0.2) is 23.0 Å². The molecule has 4 rings (SSSR count). The van der Waals surface area contributed by atoms with Gasteiger partial charge in [-0.1, -0.05) is 36.4 Å². The molecule has 1 unspecified atom stereocenters. The number of ether oxygens (including phenoxy) is 1. The van der Waals surface area contributed by atoms with Gasteiger partial charge in [-0.25, -0.2) is 10.6 Å². The Morgan fingerprint density at radius 3 is 2.33 bits per heavy atom. The summed E-state index contributed by atoms with van der Waals surface area (Å²) in [7, 11) is 1.36. The van der Waals surface area contributed by atoms with Gasteiger partial charge in [-0.3, -0.25) is 14.4 Å². The summed E-state index contributed by atoms with van der Waals surface area (Å²) in [5.41, 5.74) is 3.00. The standard InChI is InChI=1S/C31H30N4O8/c1-43-29-17-21(13-14-26(29)36)27(37)18-22(9-6-12-30(39)32-24-10-4-5-11-25(24)35(41)42)33-34-31(40)23-15-19-7-2-3-8-20(19)16-28(23)38/h2-5,7-8,10-11,13-17,35-36,38,41H,6,9,12,18H2,1H3,(H,32,39)(H,34,40)/b33-22+. The summed E-state index contributed by atoms with van der Waals surface area (Å²) in [6, 6.07) is 20.4. The number of anilines is 1. The summed E-state index contributed by atoms with van der Waals surface area (Å²) in [5, 5.41) is 48.1. The number of phenols is 2. The molecular formula is C31H30N4O8. The van der Waals surface area contributed by atoms with E-state index in [2.05, 4.69) is 15.8 Å². The Morgan fingerprint density at radius 2 is 1.60 bits per heavy atom. The first-order valence-electron chi connectivity index (χ1n) is 13.3. The molecule has 0 saturated heterocycles. The van der Waals surface area contributed by atoms with Crippen LogP contribution in [0.3, 0.4) is 0 Å². The summed E-state index contributed by atoms with van der Waals surface area (Å²) >= 11 is 0. The van der Waals surface area contributed by atoms with Crippen molar-refractivity contribution in [3.8, 4) is 17.2 Å². The van der Waals surface area contributed by atoms with Crippen LogP contribution in [0.2, 0.25) is 0 Å². The number of Topliss-reactive ketones (excluding diaryl/α,β-unsaturated/α-hetero) is 1. The number of carbonyl (C=O) groups excluding carboxylic acids is 3. The molecule has 0 saturated carbocycles. The normalized spacial score (nSPS) is 12.0. The predicted molar refractivity (Wildman–Crippen MR) is 159 cm³/mol. The van der Waals surface area contributed by atoms with Gasteiger partial charge in [-0.05, 0) is 60.0 Å². The maximum atomic E-state index is 13.1. The molecule has 0 bridgehead atoms. The monoisotopic (exact) mass is 586 g/mol. The molecule has 0 spiro atoms. The molecule has 6 N–H and O–H groups in total. The number of nitrogens with one attached hydrogen (secondary N) is 3. The van der Waals surface area contributed by atoms with Crippen molar-refractivity contribution in [1.29, 1.82) is 0 Å². The molecule has 43 heavy (non-hydrogen) atoms. The van der Waals surface area contributed by atoms with Crippen LogP contribution < -0.4 is 20.7 Å². The summed E-state index contributed by atoms with van der Waals surface area (Å²) in [6.07, 6.45) is 0.122. The van der Waals surface area contributed by atoms with Crippen molar-refractivity contribution in [2.75, 3.05) is 12.4 Å². The van der Waals surface area contributed by atoms with Crippen LogP contribution in [-0.2, 0) is 4.79 Å². The first kappa shape index (κ1) is 30.7. The molecular weight excluding hydrogens is 556 g/mol. The minimum atomic E-state index is -1.18. The van der Waals surface area contributed by atoms with Gasteiger partial charge in [0.05, 0.1) is 19.1 Å². The van der Waals surface area contributed by atoms with E-state index in [1.165, 1.54) is 49.6 Å². The summed E-state index contributed by atoms with van der Waals surface area (Å²) in [6.45, 7) is 0. The van der Waals surface area contributed by atoms with E-state index in [1.54, 1.807) is 30.3 Å². The molecule has 4 aromatic rings. The van der Waals surface area contributed by atoms with E-state index in [0.717, 1.165) is 10.8 Å². The van der Waals surface area contributed by atoms with E-state index < -0.39 is 17.0 Å². The number of para-hydroxylation sites is 2. The Hall–Kier alpha value is -5.30. The van der Waals surface area contributed by atoms with Gasteiger partial charge in [0.1, 0.15) is 11.4 Å². The highest BCUT2D eigenvalue weighted by molar-refractivity contribution is 6.10. The second-order valence-electron chi connectivity index (χ2n) is 9.57. The maximum Gasteiger partial charge on any atom is 0.275 e. The second-order valence-corrected chi connectivity index (χ2v) is 9.57. The number of amides is 2. The molecule has 2 amide bonds. The SMILES string of the molecule is COc1cc(C(=O)C/C(CCCC(=O)Nc2ccccc2[NH+]([O-])O)=N/NC(=O)c2cc3ccccc3cc2O)ccc1O. The van der Waals surface area contributed by atoms with Gasteiger partial charge in [-0.15, -0.1) is 0 Å². The Labute approximate surface area is 246 Å². The van der Waals surface area contributed by atoms with Crippen molar-refractivity contribution in [2.45, 2.75) is 25.7 Å². The van der Waals surface area contributed by atoms with E-state index in [4.69, 9.17) is 4.74 Å².